The zero-order valence-corrected chi connectivity index (χ0v) is 12.5. The van der Waals surface area contributed by atoms with Crippen molar-refractivity contribution >= 4 is 28.7 Å². The molecule has 0 aromatic heterocycles. The summed E-state index contributed by atoms with van der Waals surface area (Å²) in [5.41, 5.74) is 0.307. The van der Waals surface area contributed by atoms with E-state index in [9.17, 15) is 0 Å². The predicted molar refractivity (Wildman–Crippen MR) is 78.8 cm³/mol. The highest BCUT2D eigenvalue weighted by Crippen LogP contribution is 2.29. The molecule has 0 bridgehead atoms. The quantitative estimate of drug-likeness (QED) is 0.792. The fourth-order valence-electron chi connectivity index (χ4n) is 1.81. The Bertz CT molecular complexity index is 237. The molecular formula is C12H24N2S2. The Morgan fingerprint density at radius 1 is 1.44 bits per heavy atom. The second kappa shape index (κ2) is 6.80. The van der Waals surface area contributed by atoms with Gasteiger partial charge in [0.2, 0.25) is 0 Å². The number of amidine groups is 1. The molecule has 1 aliphatic heterocycles. The highest BCUT2D eigenvalue weighted by atomic mass is 32.2. The van der Waals surface area contributed by atoms with Crippen molar-refractivity contribution in [2.45, 2.75) is 51.6 Å². The molecule has 1 fully saturated rings. The van der Waals surface area contributed by atoms with E-state index in [-0.39, 0.29) is 0 Å². The third-order valence-corrected chi connectivity index (χ3v) is 5.24. The molecule has 0 spiro atoms. The number of aliphatic imine (C=N–C) groups is 1. The van der Waals surface area contributed by atoms with Gasteiger partial charge >= 0.3 is 0 Å². The van der Waals surface area contributed by atoms with Crippen molar-refractivity contribution in [3.8, 4) is 0 Å². The van der Waals surface area contributed by atoms with Gasteiger partial charge in [0.25, 0.3) is 0 Å². The second-order valence-corrected chi connectivity index (χ2v) is 6.23. The van der Waals surface area contributed by atoms with Crippen LogP contribution in [0.4, 0.5) is 0 Å². The standard InChI is InChI=1S/C12H24N2S2/c1-5-10(8-15-4)13-11-14-12(6-2,7-3)9-16-11/h10H,5-9H2,1-4H3,(H,13,14). The van der Waals surface area contributed by atoms with E-state index in [0.717, 1.165) is 12.2 Å². The maximum Gasteiger partial charge on any atom is 0.157 e. The van der Waals surface area contributed by atoms with Crippen LogP contribution in [0.5, 0.6) is 0 Å². The molecule has 4 heteroatoms. The van der Waals surface area contributed by atoms with Gasteiger partial charge in [-0.25, -0.2) is 0 Å². The van der Waals surface area contributed by atoms with E-state index >= 15 is 0 Å². The number of thioether (sulfide) groups is 2. The Balaban J connectivity index is 2.59. The fraction of sp³-hybridized carbons (Fsp3) is 0.917. The van der Waals surface area contributed by atoms with E-state index in [4.69, 9.17) is 4.99 Å². The Morgan fingerprint density at radius 2 is 2.12 bits per heavy atom. The number of nitrogens with one attached hydrogen (secondary N) is 1. The third-order valence-electron chi connectivity index (χ3n) is 3.34. The van der Waals surface area contributed by atoms with Gasteiger partial charge in [-0.15, -0.1) is 0 Å². The number of nitrogens with zero attached hydrogens (tertiary/aromatic N) is 1. The minimum Gasteiger partial charge on any atom is -0.359 e. The molecular weight excluding hydrogens is 236 g/mol. The molecule has 1 atom stereocenters. The van der Waals surface area contributed by atoms with Crippen LogP contribution in [0.3, 0.4) is 0 Å². The largest absolute Gasteiger partial charge is 0.359 e. The first-order valence-electron chi connectivity index (χ1n) is 6.17. The molecule has 0 radical (unpaired) electrons. The van der Waals surface area contributed by atoms with Gasteiger partial charge in [0.05, 0.1) is 6.04 Å². The van der Waals surface area contributed by atoms with E-state index < -0.39 is 0 Å². The predicted octanol–water partition coefficient (Wildman–Crippen LogP) is 3.38. The zero-order valence-electron chi connectivity index (χ0n) is 10.9. The summed E-state index contributed by atoms with van der Waals surface area (Å²) in [6.07, 6.45) is 5.67. The van der Waals surface area contributed by atoms with Gasteiger partial charge in [-0.3, -0.25) is 4.99 Å². The molecule has 94 valence electrons. The molecule has 0 aliphatic carbocycles. The monoisotopic (exact) mass is 260 g/mol. The second-order valence-electron chi connectivity index (χ2n) is 4.35. The Morgan fingerprint density at radius 3 is 2.56 bits per heavy atom. The highest BCUT2D eigenvalue weighted by molar-refractivity contribution is 8.14. The minimum absolute atomic E-state index is 0.307. The highest BCUT2D eigenvalue weighted by Gasteiger charge is 2.33. The van der Waals surface area contributed by atoms with Crippen molar-refractivity contribution in [3.05, 3.63) is 0 Å². The van der Waals surface area contributed by atoms with Gasteiger partial charge in [0, 0.05) is 17.0 Å². The van der Waals surface area contributed by atoms with E-state index in [1.54, 1.807) is 0 Å². The Labute approximate surface area is 108 Å². The zero-order chi connectivity index (χ0) is 12.0. The van der Waals surface area contributed by atoms with Crippen molar-refractivity contribution in [2.75, 3.05) is 17.8 Å². The molecule has 1 N–H and O–H groups in total. The van der Waals surface area contributed by atoms with Crippen LogP contribution in [-0.2, 0) is 0 Å². The lowest BCUT2D eigenvalue weighted by Crippen LogP contribution is -2.42. The maximum atomic E-state index is 4.82. The summed E-state index contributed by atoms with van der Waals surface area (Å²) in [7, 11) is 0. The first-order valence-corrected chi connectivity index (χ1v) is 8.55. The molecule has 0 amide bonds. The van der Waals surface area contributed by atoms with Gasteiger partial charge in [-0.05, 0) is 25.5 Å². The van der Waals surface area contributed by atoms with Crippen LogP contribution in [0.2, 0.25) is 0 Å². The van der Waals surface area contributed by atoms with Gasteiger partial charge in [0.15, 0.2) is 5.17 Å². The average molecular weight is 260 g/mol. The number of hydrogen-bond acceptors (Lipinski definition) is 3. The molecule has 0 saturated carbocycles. The van der Waals surface area contributed by atoms with Crippen molar-refractivity contribution in [2.24, 2.45) is 4.99 Å². The molecule has 2 nitrogen and oxygen atoms in total. The third kappa shape index (κ3) is 3.59. The molecule has 16 heavy (non-hydrogen) atoms. The summed E-state index contributed by atoms with van der Waals surface area (Å²) in [5.74, 6) is 2.31. The molecule has 0 aromatic carbocycles. The Kier molecular flexibility index (Phi) is 6.05. The SMILES string of the molecule is CCC(CSC)N=C1NC(CC)(CC)CS1. The fourth-order valence-corrected chi connectivity index (χ4v) is 3.91. The summed E-state index contributed by atoms with van der Waals surface area (Å²) < 4.78 is 0. The van der Waals surface area contributed by atoms with Gasteiger partial charge < -0.3 is 5.32 Å². The summed E-state index contributed by atoms with van der Waals surface area (Å²) in [5, 5.41) is 4.80. The molecule has 1 heterocycles. The van der Waals surface area contributed by atoms with E-state index in [0.29, 0.717) is 11.6 Å². The first kappa shape index (κ1) is 14.2. The first-order chi connectivity index (χ1) is 7.69. The molecule has 1 aliphatic rings. The van der Waals surface area contributed by atoms with Crippen molar-refractivity contribution in [3.63, 3.8) is 0 Å². The summed E-state index contributed by atoms with van der Waals surface area (Å²) in [6, 6.07) is 0.481. The van der Waals surface area contributed by atoms with Crippen LogP contribution in [0, 0.1) is 0 Å². The van der Waals surface area contributed by atoms with E-state index in [1.165, 1.54) is 23.8 Å². The van der Waals surface area contributed by atoms with Crippen LogP contribution in [0.1, 0.15) is 40.0 Å². The van der Waals surface area contributed by atoms with Crippen LogP contribution in [-0.4, -0.2) is 34.5 Å². The van der Waals surface area contributed by atoms with Crippen LogP contribution in [0.25, 0.3) is 0 Å². The van der Waals surface area contributed by atoms with Crippen molar-refractivity contribution in [1.82, 2.24) is 5.32 Å². The smallest absolute Gasteiger partial charge is 0.157 e. The van der Waals surface area contributed by atoms with Gasteiger partial charge in [0.1, 0.15) is 0 Å². The van der Waals surface area contributed by atoms with Gasteiger partial charge in [-0.1, -0.05) is 32.5 Å². The molecule has 1 saturated heterocycles. The normalized spacial score (nSPS) is 23.4. The summed E-state index contributed by atoms with van der Waals surface area (Å²) >= 11 is 3.78. The number of rotatable bonds is 6. The van der Waals surface area contributed by atoms with Crippen molar-refractivity contribution in [1.29, 1.82) is 0 Å². The minimum atomic E-state index is 0.307. The number of hydrogen-bond donors (Lipinski definition) is 1. The van der Waals surface area contributed by atoms with E-state index in [2.05, 4.69) is 32.3 Å². The topological polar surface area (TPSA) is 24.4 Å². The lowest BCUT2D eigenvalue weighted by Gasteiger charge is -2.25. The lowest BCUT2D eigenvalue weighted by molar-refractivity contribution is 0.407. The Hall–Kier alpha value is 0.170. The van der Waals surface area contributed by atoms with Crippen molar-refractivity contribution < 1.29 is 0 Å². The summed E-state index contributed by atoms with van der Waals surface area (Å²) in [6.45, 7) is 6.75. The maximum absolute atomic E-state index is 4.82. The summed E-state index contributed by atoms with van der Waals surface area (Å²) in [4.78, 5) is 4.82. The van der Waals surface area contributed by atoms with Crippen LogP contribution >= 0.6 is 23.5 Å². The lowest BCUT2D eigenvalue weighted by atomic mass is 9.96. The van der Waals surface area contributed by atoms with Crippen LogP contribution in [0.15, 0.2) is 4.99 Å². The van der Waals surface area contributed by atoms with Gasteiger partial charge in [-0.2, -0.15) is 11.8 Å². The molecule has 1 rings (SSSR count). The average Bonchev–Trinajstić information content (AvgIpc) is 2.73. The van der Waals surface area contributed by atoms with E-state index in [1.807, 2.05) is 23.5 Å². The molecule has 0 aromatic rings. The van der Waals surface area contributed by atoms with Crippen LogP contribution < -0.4 is 5.32 Å². The molecule has 1 unspecified atom stereocenters.